The summed E-state index contributed by atoms with van der Waals surface area (Å²) in [7, 11) is -1.69. The average molecular weight is 189 g/mol. The van der Waals surface area contributed by atoms with E-state index < -0.39 is 7.12 Å². The van der Waals surface area contributed by atoms with Gasteiger partial charge in [-0.15, -0.1) is 0 Å². The standard InChI is InChI=1S/C9H8BNO3/c12-8-4-3-7-6(2-1-5-11-7)9(8)10(13)14/h1-5,12-14H. The van der Waals surface area contributed by atoms with E-state index in [1.165, 1.54) is 6.07 Å². The number of hydrogen-bond donors (Lipinski definition) is 3. The summed E-state index contributed by atoms with van der Waals surface area (Å²) in [4.78, 5) is 4.03. The topological polar surface area (TPSA) is 73.6 Å². The van der Waals surface area contributed by atoms with E-state index in [1.807, 2.05) is 0 Å². The van der Waals surface area contributed by atoms with Gasteiger partial charge in [-0.05, 0) is 18.2 Å². The van der Waals surface area contributed by atoms with Crippen molar-refractivity contribution in [2.45, 2.75) is 0 Å². The number of aromatic hydroxyl groups is 1. The number of pyridine rings is 1. The summed E-state index contributed by atoms with van der Waals surface area (Å²) in [5.41, 5.74) is 0.712. The summed E-state index contributed by atoms with van der Waals surface area (Å²) in [6, 6.07) is 6.37. The smallest absolute Gasteiger partial charge is 0.492 e. The Morgan fingerprint density at radius 1 is 1.14 bits per heavy atom. The highest BCUT2D eigenvalue weighted by Gasteiger charge is 2.19. The van der Waals surface area contributed by atoms with Crippen LogP contribution in [-0.2, 0) is 0 Å². The van der Waals surface area contributed by atoms with Crippen LogP contribution in [0, 0.1) is 0 Å². The average Bonchev–Trinajstić information content (AvgIpc) is 2.17. The van der Waals surface area contributed by atoms with Gasteiger partial charge in [-0.25, -0.2) is 0 Å². The maximum absolute atomic E-state index is 9.43. The van der Waals surface area contributed by atoms with Crippen molar-refractivity contribution in [1.29, 1.82) is 0 Å². The summed E-state index contributed by atoms with van der Waals surface area (Å²) >= 11 is 0. The maximum atomic E-state index is 9.43. The van der Waals surface area contributed by atoms with Crippen LogP contribution >= 0.6 is 0 Å². The predicted molar refractivity (Wildman–Crippen MR) is 53.2 cm³/mol. The van der Waals surface area contributed by atoms with Gasteiger partial charge in [0.05, 0.1) is 5.52 Å². The maximum Gasteiger partial charge on any atom is 0.492 e. The second-order valence-corrected chi connectivity index (χ2v) is 2.94. The van der Waals surface area contributed by atoms with Crippen LogP contribution in [0.25, 0.3) is 10.9 Å². The monoisotopic (exact) mass is 189 g/mol. The first-order chi connectivity index (χ1) is 6.70. The lowest BCUT2D eigenvalue weighted by Crippen LogP contribution is -2.30. The molecule has 70 valence electrons. The van der Waals surface area contributed by atoms with E-state index in [0.29, 0.717) is 10.9 Å². The zero-order valence-corrected chi connectivity index (χ0v) is 7.25. The molecule has 1 heterocycles. The first-order valence-electron chi connectivity index (χ1n) is 4.13. The fraction of sp³-hybridized carbons (Fsp3) is 0. The van der Waals surface area contributed by atoms with Crippen molar-refractivity contribution in [1.82, 2.24) is 4.98 Å². The van der Waals surface area contributed by atoms with Crippen LogP contribution in [0.5, 0.6) is 5.75 Å². The van der Waals surface area contributed by atoms with Gasteiger partial charge in [0.1, 0.15) is 5.75 Å². The molecule has 1 aromatic heterocycles. The number of phenolic OH excluding ortho intramolecular Hbond substituents is 1. The summed E-state index contributed by atoms with van der Waals surface area (Å²) in [6.45, 7) is 0. The molecule has 2 rings (SSSR count). The molecule has 1 aromatic carbocycles. The predicted octanol–water partition coefficient (Wildman–Crippen LogP) is -0.380. The third-order valence-corrected chi connectivity index (χ3v) is 2.06. The van der Waals surface area contributed by atoms with Crippen molar-refractivity contribution >= 4 is 23.5 Å². The van der Waals surface area contributed by atoms with Gasteiger partial charge >= 0.3 is 7.12 Å². The van der Waals surface area contributed by atoms with Crippen LogP contribution in [0.3, 0.4) is 0 Å². The molecule has 0 aliphatic rings. The molecule has 3 N–H and O–H groups in total. The molecule has 0 unspecified atom stereocenters. The molecule has 0 radical (unpaired) electrons. The quantitative estimate of drug-likeness (QED) is 0.534. The SMILES string of the molecule is OB(O)c1c(O)ccc2ncccc12. The van der Waals surface area contributed by atoms with E-state index in [4.69, 9.17) is 10.0 Å². The van der Waals surface area contributed by atoms with E-state index in [9.17, 15) is 5.11 Å². The Balaban J connectivity index is 2.83. The molecule has 0 atom stereocenters. The van der Waals surface area contributed by atoms with Crippen molar-refractivity contribution in [2.24, 2.45) is 0 Å². The van der Waals surface area contributed by atoms with Gasteiger partial charge in [0.2, 0.25) is 0 Å². The lowest BCUT2D eigenvalue weighted by molar-refractivity contribution is 0.420. The van der Waals surface area contributed by atoms with Crippen molar-refractivity contribution in [3.05, 3.63) is 30.5 Å². The normalized spacial score (nSPS) is 10.4. The molecule has 0 saturated carbocycles. The van der Waals surface area contributed by atoms with Gasteiger partial charge in [0.25, 0.3) is 0 Å². The summed E-state index contributed by atoms with van der Waals surface area (Å²) < 4.78 is 0. The first kappa shape index (κ1) is 8.99. The molecule has 0 fully saturated rings. The molecular formula is C9H8BNO3. The highest BCUT2D eigenvalue weighted by atomic mass is 16.4. The third kappa shape index (κ3) is 1.32. The number of nitrogens with zero attached hydrogens (tertiary/aromatic N) is 1. The second-order valence-electron chi connectivity index (χ2n) is 2.94. The Bertz CT molecular complexity index is 473. The van der Waals surface area contributed by atoms with Gasteiger partial charge in [-0.3, -0.25) is 4.98 Å². The number of rotatable bonds is 1. The van der Waals surface area contributed by atoms with Crippen LogP contribution in [0.2, 0.25) is 0 Å². The van der Waals surface area contributed by atoms with Crippen LogP contribution in [0.4, 0.5) is 0 Å². The largest absolute Gasteiger partial charge is 0.508 e. The fourth-order valence-corrected chi connectivity index (χ4v) is 1.44. The second kappa shape index (κ2) is 3.28. The highest BCUT2D eigenvalue weighted by Crippen LogP contribution is 2.15. The highest BCUT2D eigenvalue weighted by molar-refractivity contribution is 6.63. The van der Waals surface area contributed by atoms with Crippen LogP contribution in [-0.4, -0.2) is 27.3 Å². The molecule has 0 bridgehead atoms. The molecule has 14 heavy (non-hydrogen) atoms. The number of hydrogen-bond acceptors (Lipinski definition) is 4. The van der Waals surface area contributed by atoms with Crippen LogP contribution in [0.1, 0.15) is 0 Å². The number of fused-ring (bicyclic) bond motifs is 1. The van der Waals surface area contributed by atoms with Crippen molar-refractivity contribution < 1.29 is 15.2 Å². The lowest BCUT2D eigenvalue weighted by atomic mass is 9.77. The molecular weight excluding hydrogens is 181 g/mol. The number of aromatic nitrogens is 1. The Labute approximate surface area is 80.6 Å². The fourth-order valence-electron chi connectivity index (χ4n) is 1.44. The van der Waals surface area contributed by atoms with Gasteiger partial charge in [0, 0.05) is 17.0 Å². The lowest BCUT2D eigenvalue weighted by Gasteiger charge is -2.06. The Kier molecular flexibility index (Phi) is 2.11. The molecule has 0 amide bonds. The van der Waals surface area contributed by atoms with Gasteiger partial charge in [0.15, 0.2) is 0 Å². The zero-order valence-electron chi connectivity index (χ0n) is 7.25. The van der Waals surface area contributed by atoms with Crippen molar-refractivity contribution in [3.63, 3.8) is 0 Å². The summed E-state index contributed by atoms with van der Waals surface area (Å²) in [6.07, 6.45) is 1.60. The molecule has 0 saturated heterocycles. The van der Waals surface area contributed by atoms with Gasteiger partial charge in [-0.2, -0.15) is 0 Å². The molecule has 0 spiro atoms. The Morgan fingerprint density at radius 3 is 2.64 bits per heavy atom. The van der Waals surface area contributed by atoms with Crippen molar-refractivity contribution in [3.8, 4) is 5.75 Å². The van der Waals surface area contributed by atoms with Crippen LogP contribution in [0.15, 0.2) is 30.5 Å². The van der Waals surface area contributed by atoms with Gasteiger partial charge < -0.3 is 15.2 Å². The van der Waals surface area contributed by atoms with E-state index >= 15 is 0 Å². The van der Waals surface area contributed by atoms with E-state index in [1.54, 1.807) is 24.4 Å². The van der Waals surface area contributed by atoms with Gasteiger partial charge in [-0.1, -0.05) is 6.07 Å². The third-order valence-electron chi connectivity index (χ3n) is 2.06. The minimum absolute atomic E-state index is 0.0931. The number of phenols is 1. The summed E-state index contributed by atoms with van der Waals surface area (Å²) in [5.74, 6) is -0.138. The first-order valence-corrected chi connectivity index (χ1v) is 4.13. The zero-order chi connectivity index (χ0) is 10.1. The molecule has 2 aromatic rings. The van der Waals surface area contributed by atoms with E-state index in [0.717, 1.165) is 0 Å². The van der Waals surface area contributed by atoms with Crippen LogP contribution < -0.4 is 5.46 Å². The molecule has 5 heteroatoms. The number of benzene rings is 1. The minimum Gasteiger partial charge on any atom is -0.508 e. The Morgan fingerprint density at radius 2 is 1.93 bits per heavy atom. The van der Waals surface area contributed by atoms with Crippen molar-refractivity contribution in [2.75, 3.05) is 0 Å². The summed E-state index contributed by atoms with van der Waals surface area (Å²) in [5, 5.41) is 28.1. The molecule has 0 aliphatic heterocycles. The van der Waals surface area contributed by atoms with E-state index in [-0.39, 0.29) is 11.2 Å². The van der Waals surface area contributed by atoms with E-state index in [2.05, 4.69) is 4.98 Å². The molecule has 4 nitrogen and oxygen atoms in total. The molecule has 0 aliphatic carbocycles. The Hall–Kier alpha value is -1.59. The minimum atomic E-state index is -1.69.